The molecule has 4 heteroatoms. The van der Waals surface area contributed by atoms with E-state index >= 15 is 0 Å². The van der Waals surface area contributed by atoms with E-state index in [1.807, 2.05) is 49.1 Å². The van der Waals surface area contributed by atoms with E-state index in [1.54, 1.807) is 0 Å². The minimum Gasteiger partial charge on any atom is -0.348 e. The maximum Gasteiger partial charge on any atom is 0.255 e. The lowest BCUT2D eigenvalue weighted by Crippen LogP contribution is -2.38. The topological polar surface area (TPSA) is 38.1 Å². The Hall–Kier alpha value is -2.62. The quantitative estimate of drug-likeness (QED) is 0.692. The molecule has 3 aromatic rings. The van der Waals surface area contributed by atoms with Crippen molar-refractivity contribution in [2.24, 2.45) is 0 Å². The molecule has 3 heterocycles. The summed E-state index contributed by atoms with van der Waals surface area (Å²) in [5, 5.41) is 0.946. The number of hydrogen-bond acceptors (Lipinski definition) is 2. The number of para-hydroxylation sites is 1. The van der Waals surface area contributed by atoms with E-state index in [1.165, 1.54) is 5.69 Å². The number of aryl methyl sites for hydroxylation is 2. The van der Waals surface area contributed by atoms with Crippen LogP contribution in [-0.4, -0.2) is 26.9 Å². The molecule has 2 aromatic heterocycles. The molecule has 0 aliphatic carbocycles. The standard InChI is InChI=1S/C19H19N3O/c1-13-5-3-7-16-17(11-14(2)20-18(13)16)19(23)22-10-9-21-8-4-6-15(21)12-22/h3-8,11H,9-10,12H2,1-2H3. The molecule has 0 saturated carbocycles. The van der Waals surface area contributed by atoms with Gasteiger partial charge in [0.05, 0.1) is 17.6 Å². The van der Waals surface area contributed by atoms with Gasteiger partial charge in [0.15, 0.2) is 0 Å². The SMILES string of the molecule is Cc1cc(C(=O)N2CCn3cccc3C2)c2cccc(C)c2n1. The van der Waals surface area contributed by atoms with Crippen LogP contribution >= 0.6 is 0 Å². The van der Waals surface area contributed by atoms with Crippen LogP contribution in [-0.2, 0) is 13.1 Å². The van der Waals surface area contributed by atoms with Gasteiger partial charge in [-0.05, 0) is 37.6 Å². The molecule has 4 rings (SSSR count). The van der Waals surface area contributed by atoms with E-state index in [2.05, 4.69) is 21.8 Å². The Labute approximate surface area is 135 Å². The van der Waals surface area contributed by atoms with Gasteiger partial charge in [-0.25, -0.2) is 0 Å². The van der Waals surface area contributed by atoms with Crippen LogP contribution in [0.25, 0.3) is 10.9 Å². The van der Waals surface area contributed by atoms with Gasteiger partial charge >= 0.3 is 0 Å². The van der Waals surface area contributed by atoms with E-state index in [-0.39, 0.29) is 5.91 Å². The fourth-order valence-corrected chi connectivity index (χ4v) is 3.35. The molecule has 1 aliphatic rings. The fraction of sp³-hybridized carbons (Fsp3) is 0.263. The summed E-state index contributed by atoms with van der Waals surface area (Å²) in [5.74, 6) is 0.0959. The van der Waals surface area contributed by atoms with Crippen LogP contribution in [0, 0.1) is 13.8 Å². The van der Waals surface area contributed by atoms with Crippen LogP contribution < -0.4 is 0 Å². The molecule has 0 radical (unpaired) electrons. The van der Waals surface area contributed by atoms with Gasteiger partial charge in [0.2, 0.25) is 0 Å². The lowest BCUT2D eigenvalue weighted by molar-refractivity contribution is 0.0713. The number of hydrogen-bond donors (Lipinski definition) is 0. The molecule has 0 bridgehead atoms. The Bertz CT molecular complexity index is 910. The van der Waals surface area contributed by atoms with E-state index in [0.717, 1.165) is 40.8 Å². The normalized spacial score (nSPS) is 14.1. The molecule has 1 aliphatic heterocycles. The van der Waals surface area contributed by atoms with E-state index in [0.29, 0.717) is 6.54 Å². The maximum absolute atomic E-state index is 13.1. The van der Waals surface area contributed by atoms with Crippen LogP contribution in [0.15, 0.2) is 42.6 Å². The lowest BCUT2D eigenvalue weighted by Gasteiger charge is -2.29. The molecule has 0 saturated heterocycles. The van der Waals surface area contributed by atoms with Gasteiger partial charge in [-0.1, -0.05) is 18.2 Å². The van der Waals surface area contributed by atoms with Gasteiger partial charge < -0.3 is 9.47 Å². The first-order valence-electron chi connectivity index (χ1n) is 7.94. The number of rotatable bonds is 1. The summed E-state index contributed by atoms with van der Waals surface area (Å²) < 4.78 is 2.21. The number of pyridine rings is 1. The summed E-state index contributed by atoms with van der Waals surface area (Å²) in [6.07, 6.45) is 2.08. The Morgan fingerprint density at radius 3 is 2.87 bits per heavy atom. The van der Waals surface area contributed by atoms with Crippen molar-refractivity contribution in [1.82, 2.24) is 14.5 Å². The fourth-order valence-electron chi connectivity index (χ4n) is 3.35. The average Bonchev–Trinajstić information content (AvgIpc) is 3.02. The second kappa shape index (κ2) is 5.23. The van der Waals surface area contributed by atoms with Crippen LogP contribution in [0.5, 0.6) is 0 Å². The highest BCUT2D eigenvalue weighted by atomic mass is 16.2. The molecule has 0 atom stereocenters. The highest BCUT2D eigenvalue weighted by Gasteiger charge is 2.23. The minimum atomic E-state index is 0.0959. The van der Waals surface area contributed by atoms with Crippen molar-refractivity contribution in [3.8, 4) is 0 Å². The molecule has 0 unspecified atom stereocenters. The number of carbonyl (C=O) groups excluding carboxylic acids is 1. The van der Waals surface area contributed by atoms with Gasteiger partial charge in [0.25, 0.3) is 5.91 Å². The van der Waals surface area contributed by atoms with Crippen LogP contribution in [0.2, 0.25) is 0 Å². The van der Waals surface area contributed by atoms with Crippen molar-refractivity contribution in [3.63, 3.8) is 0 Å². The second-order valence-corrected chi connectivity index (χ2v) is 6.20. The van der Waals surface area contributed by atoms with Crippen molar-refractivity contribution in [2.75, 3.05) is 6.54 Å². The molecule has 1 aromatic carbocycles. The van der Waals surface area contributed by atoms with Gasteiger partial charge in [0.1, 0.15) is 0 Å². The van der Waals surface area contributed by atoms with Crippen molar-refractivity contribution < 1.29 is 4.79 Å². The Morgan fingerprint density at radius 1 is 1.13 bits per heavy atom. The van der Waals surface area contributed by atoms with Crippen LogP contribution in [0.1, 0.15) is 27.3 Å². The molecule has 0 N–H and O–H groups in total. The summed E-state index contributed by atoms with van der Waals surface area (Å²) >= 11 is 0. The summed E-state index contributed by atoms with van der Waals surface area (Å²) in [5.41, 5.74) is 4.87. The first-order valence-corrected chi connectivity index (χ1v) is 7.94. The van der Waals surface area contributed by atoms with Gasteiger partial charge in [-0.15, -0.1) is 0 Å². The lowest BCUT2D eigenvalue weighted by atomic mass is 10.0. The van der Waals surface area contributed by atoms with E-state index in [9.17, 15) is 4.79 Å². The summed E-state index contributed by atoms with van der Waals surface area (Å²) in [4.78, 5) is 19.7. The molecular weight excluding hydrogens is 286 g/mol. The molecule has 0 spiro atoms. The number of benzene rings is 1. The summed E-state index contributed by atoms with van der Waals surface area (Å²) in [6, 6.07) is 12.1. The van der Waals surface area contributed by atoms with Crippen molar-refractivity contribution in [1.29, 1.82) is 0 Å². The zero-order chi connectivity index (χ0) is 16.0. The molecule has 4 nitrogen and oxygen atoms in total. The van der Waals surface area contributed by atoms with Crippen molar-refractivity contribution >= 4 is 16.8 Å². The van der Waals surface area contributed by atoms with Crippen molar-refractivity contribution in [2.45, 2.75) is 26.9 Å². The summed E-state index contributed by atoms with van der Waals surface area (Å²) in [6.45, 7) is 6.26. The molecule has 116 valence electrons. The highest BCUT2D eigenvalue weighted by Crippen LogP contribution is 2.24. The second-order valence-electron chi connectivity index (χ2n) is 6.20. The Kier molecular flexibility index (Phi) is 3.18. The first-order chi connectivity index (χ1) is 11.1. The minimum absolute atomic E-state index is 0.0959. The molecule has 23 heavy (non-hydrogen) atoms. The third-order valence-electron chi connectivity index (χ3n) is 4.57. The third kappa shape index (κ3) is 2.31. The number of amides is 1. The smallest absolute Gasteiger partial charge is 0.255 e. The summed E-state index contributed by atoms with van der Waals surface area (Å²) in [7, 11) is 0. The van der Waals surface area contributed by atoms with E-state index in [4.69, 9.17) is 0 Å². The Morgan fingerprint density at radius 2 is 2.00 bits per heavy atom. The Balaban J connectivity index is 1.77. The third-order valence-corrected chi connectivity index (χ3v) is 4.57. The number of fused-ring (bicyclic) bond motifs is 2. The maximum atomic E-state index is 13.1. The predicted molar refractivity (Wildman–Crippen MR) is 90.4 cm³/mol. The van der Waals surface area contributed by atoms with Gasteiger partial charge in [-0.3, -0.25) is 9.78 Å². The zero-order valence-corrected chi connectivity index (χ0v) is 13.4. The predicted octanol–water partition coefficient (Wildman–Crippen LogP) is 3.31. The largest absolute Gasteiger partial charge is 0.348 e. The highest BCUT2D eigenvalue weighted by molar-refractivity contribution is 6.06. The molecule has 0 fully saturated rings. The monoisotopic (exact) mass is 305 g/mol. The number of nitrogens with zero attached hydrogens (tertiary/aromatic N) is 3. The van der Waals surface area contributed by atoms with E-state index < -0.39 is 0 Å². The van der Waals surface area contributed by atoms with Crippen LogP contribution in [0.3, 0.4) is 0 Å². The van der Waals surface area contributed by atoms with Gasteiger partial charge in [-0.2, -0.15) is 0 Å². The zero-order valence-electron chi connectivity index (χ0n) is 13.4. The van der Waals surface area contributed by atoms with Crippen molar-refractivity contribution in [3.05, 3.63) is 65.1 Å². The average molecular weight is 305 g/mol. The number of carbonyl (C=O) groups is 1. The van der Waals surface area contributed by atoms with Gasteiger partial charge in [0, 0.05) is 36.1 Å². The molecule has 1 amide bonds. The van der Waals surface area contributed by atoms with Crippen LogP contribution in [0.4, 0.5) is 0 Å². The first kappa shape index (κ1) is 14.0. The molecular formula is C19H19N3O. The number of aromatic nitrogens is 2.